The first-order valence-electron chi connectivity index (χ1n) is 9.21. The first kappa shape index (κ1) is 21.9. The summed E-state index contributed by atoms with van der Waals surface area (Å²) in [7, 11) is -3.66. The number of nitrogens with one attached hydrogen (secondary N) is 2. The van der Waals surface area contributed by atoms with Crippen LogP contribution in [0.3, 0.4) is 0 Å². The Kier molecular flexibility index (Phi) is 7.21. The molecule has 1 amide bonds. The second kappa shape index (κ2) is 9.21. The van der Waals surface area contributed by atoms with Crippen LogP contribution in [0.2, 0.25) is 0 Å². The highest BCUT2D eigenvalue weighted by Crippen LogP contribution is 2.19. The second-order valence-electron chi connectivity index (χ2n) is 7.13. The van der Waals surface area contributed by atoms with Crippen molar-refractivity contribution in [3.63, 3.8) is 0 Å². The number of aryl methyl sites for hydroxylation is 3. The van der Waals surface area contributed by atoms with Crippen LogP contribution in [0.5, 0.6) is 5.75 Å². The summed E-state index contributed by atoms with van der Waals surface area (Å²) in [5, 5.41) is 2.78. The smallest absolute Gasteiger partial charge is 0.251 e. The van der Waals surface area contributed by atoms with Crippen LogP contribution in [-0.2, 0) is 10.0 Å². The molecule has 6 nitrogen and oxygen atoms in total. The number of rotatable bonds is 8. The van der Waals surface area contributed by atoms with Gasteiger partial charge >= 0.3 is 0 Å². The highest BCUT2D eigenvalue weighted by molar-refractivity contribution is 7.89. The Bertz CT molecular complexity index is 953. The van der Waals surface area contributed by atoms with E-state index in [4.69, 9.17) is 4.74 Å². The van der Waals surface area contributed by atoms with E-state index < -0.39 is 10.0 Å². The maximum Gasteiger partial charge on any atom is 0.251 e. The fourth-order valence-corrected chi connectivity index (χ4v) is 4.05. The fraction of sp³-hybridized carbons (Fsp3) is 0.381. The van der Waals surface area contributed by atoms with E-state index in [9.17, 15) is 13.2 Å². The van der Waals surface area contributed by atoms with Gasteiger partial charge in [-0.3, -0.25) is 4.79 Å². The molecule has 2 rings (SSSR count). The van der Waals surface area contributed by atoms with Crippen LogP contribution in [0.1, 0.15) is 40.9 Å². The van der Waals surface area contributed by atoms with Gasteiger partial charge in [-0.2, -0.15) is 0 Å². The van der Waals surface area contributed by atoms with Gasteiger partial charge in [0, 0.05) is 11.6 Å². The SMILES string of the molecule is Cc1ccc(OCCNC(=O)c2cc(S(=O)(=O)NC(C)C)ccc2C)c(C)c1. The van der Waals surface area contributed by atoms with E-state index in [1.807, 2.05) is 32.0 Å². The molecule has 0 fully saturated rings. The van der Waals surface area contributed by atoms with Gasteiger partial charge in [0.25, 0.3) is 5.91 Å². The molecular formula is C21H28N2O4S. The van der Waals surface area contributed by atoms with Crippen LogP contribution in [0, 0.1) is 20.8 Å². The Morgan fingerprint density at radius 2 is 1.75 bits per heavy atom. The van der Waals surface area contributed by atoms with Crippen LogP contribution in [0.15, 0.2) is 41.3 Å². The predicted octanol–water partition coefficient (Wildman–Crippen LogP) is 3.11. The largest absolute Gasteiger partial charge is 0.491 e. The van der Waals surface area contributed by atoms with Crippen LogP contribution in [0.4, 0.5) is 0 Å². The summed E-state index contributed by atoms with van der Waals surface area (Å²) >= 11 is 0. The molecule has 0 bridgehead atoms. The van der Waals surface area contributed by atoms with Gasteiger partial charge in [-0.25, -0.2) is 13.1 Å². The Hall–Kier alpha value is -2.38. The van der Waals surface area contributed by atoms with Gasteiger partial charge in [0.1, 0.15) is 12.4 Å². The van der Waals surface area contributed by atoms with Gasteiger partial charge in [0.15, 0.2) is 0 Å². The third-order valence-corrected chi connectivity index (χ3v) is 5.79. The molecule has 7 heteroatoms. The number of hydrogen-bond donors (Lipinski definition) is 2. The molecule has 2 aromatic carbocycles. The molecule has 0 aliphatic heterocycles. The lowest BCUT2D eigenvalue weighted by Crippen LogP contribution is -2.31. The Morgan fingerprint density at radius 3 is 2.39 bits per heavy atom. The van der Waals surface area contributed by atoms with Gasteiger partial charge < -0.3 is 10.1 Å². The maximum absolute atomic E-state index is 12.5. The Balaban J connectivity index is 2.01. The zero-order chi connectivity index (χ0) is 20.9. The van der Waals surface area contributed by atoms with Gasteiger partial charge in [-0.1, -0.05) is 23.8 Å². The van der Waals surface area contributed by atoms with Crippen LogP contribution >= 0.6 is 0 Å². The highest BCUT2D eigenvalue weighted by Gasteiger charge is 2.18. The summed E-state index contributed by atoms with van der Waals surface area (Å²) in [5.41, 5.74) is 3.24. The first-order chi connectivity index (χ1) is 13.1. The lowest BCUT2D eigenvalue weighted by molar-refractivity contribution is 0.0946. The molecule has 0 aliphatic rings. The number of hydrogen-bond acceptors (Lipinski definition) is 4. The highest BCUT2D eigenvalue weighted by atomic mass is 32.2. The molecule has 0 unspecified atom stereocenters. The van der Waals surface area contributed by atoms with E-state index in [0.717, 1.165) is 16.9 Å². The van der Waals surface area contributed by atoms with Crippen molar-refractivity contribution in [3.8, 4) is 5.75 Å². The average molecular weight is 405 g/mol. The number of sulfonamides is 1. The predicted molar refractivity (Wildman–Crippen MR) is 110 cm³/mol. The third-order valence-electron chi connectivity index (χ3n) is 4.13. The van der Waals surface area contributed by atoms with Gasteiger partial charge in [-0.05, 0) is 63.9 Å². The van der Waals surface area contributed by atoms with E-state index in [-0.39, 0.29) is 16.8 Å². The second-order valence-corrected chi connectivity index (χ2v) is 8.84. The average Bonchev–Trinajstić information content (AvgIpc) is 2.59. The van der Waals surface area contributed by atoms with Crippen LogP contribution in [-0.4, -0.2) is 33.5 Å². The summed E-state index contributed by atoms with van der Waals surface area (Å²) in [6.07, 6.45) is 0. The zero-order valence-electron chi connectivity index (χ0n) is 17.0. The summed E-state index contributed by atoms with van der Waals surface area (Å²) in [5.74, 6) is 0.451. The fourth-order valence-electron chi connectivity index (χ4n) is 2.77. The van der Waals surface area contributed by atoms with Gasteiger partial charge in [0.05, 0.1) is 11.4 Å². The minimum atomic E-state index is -3.66. The molecule has 28 heavy (non-hydrogen) atoms. The molecular weight excluding hydrogens is 376 g/mol. The molecule has 0 heterocycles. The van der Waals surface area contributed by atoms with Gasteiger partial charge in [-0.15, -0.1) is 0 Å². The molecule has 2 N–H and O–H groups in total. The normalized spacial score (nSPS) is 11.5. The third kappa shape index (κ3) is 5.81. The molecule has 0 aliphatic carbocycles. The maximum atomic E-state index is 12.5. The standard InChI is InChI=1S/C21H28N2O4S/c1-14(2)23-28(25,26)18-8-7-16(4)19(13-18)21(24)22-10-11-27-20-9-6-15(3)12-17(20)5/h6-9,12-14,23H,10-11H2,1-5H3,(H,22,24). The number of benzene rings is 2. The van der Waals surface area contributed by atoms with Crippen molar-refractivity contribution >= 4 is 15.9 Å². The topological polar surface area (TPSA) is 84.5 Å². The van der Waals surface area contributed by atoms with E-state index >= 15 is 0 Å². The molecule has 2 aromatic rings. The Morgan fingerprint density at radius 1 is 1.04 bits per heavy atom. The minimum absolute atomic E-state index is 0.0727. The summed E-state index contributed by atoms with van der Waals surface area (Å²) in [4.78, 5) is 12.6. The van der Waals surface area contributed by atoms with E-state index in [0.29, 0.717) is 24.3 Å². The number of amides is 1. The lowest BCUT2D eigenvalue weighted by Gasteiger charge is -2.13. The van der Waals surface area contributed by atoms with Crippen molar-refractivity contribution in [2.75, 3.05) is 13.2 Å². The summed E-state index contributed by atoms with van der Waals surface area (Å²) in [6.45, 7) is 9.89. The van der Waals surface area contributed by atoms with Crippen LogP contribution < -0.4 is 14.8 Å². The molecule has 0 radical (unpaired) electrons. The molecule has 0 saturated heterocycles. The monoisotopic (exact) mass is 404 g/mol. The van der Waals surface area contributed by atoms with Crippen molar-refractivity contribution in [2.24, 2.45) is 0 Å². The van der Waals surface area contributed by atoms with E-state index in [1.165, 1.54) is 12.1 Å². The minimum Gasteiger partial charge on any atom is -0.491 e. The molecule has 152 valence electrons. The van der Waals surface area contributed by atoms with Crippen molar-refractivity contribution < 1.29 is 17.9 Å². The molecule has 0 spiro atoms. The van der Waals surface area contributed by atoms with Crippen molar-refractivity contribution in [1.82, 2.24) is 10.0 Å². The summed E-state index contributed by atoms with van der Waals surface area (Å²) < 4.78 is 32.9. The lowest BCUT2D eigenvalue weighted by atomic mass is 10.1. The van der Waals surface area contributed by atoms with Gasteiger partial charge in [0.2, 0.25) is 10.0 Å². The quantitative estimate of drug-likeness (QED) is 0.662. The number of carbonyl (C=O) groups excluding carboxylic acids is 1. The molecule has 0 saturated carbocycles. The number of ether oxygens (including phenoxy) is 1. The number of carbonyl (C=O) groups is 1. The van der Waals surface area contributed by atoms with Crippen molar-refractivity contribution in [1.29, 1.82) is 0 Å². The van der Waals surface area contributed by atoms with Crippen LogP contribution in [0.25, 0.3) is 0 Å². The van der Waals surface area contributed by atoms with Crippen molar-refractivity contribution in [3.05, 3.63) is 58.7 Å². The molecule has 0 aromatic heterocycles. The summed E-state index contributed by atoms with van der Waals surface area (Å²) in [6, 6.07) is 10.2. The van der Waals surface area contributed by atoms with E-state index in [1.54, 1.807) is 26.8 Å². The zero-order valence-corrected chi connectivity index (χ0v) is 17.8. The van der Waals surface area contributed by atoms with E-state index in [2.05, 4.69) is 10.0 Å². The molecule has 0 atom stereocenters. The van der Waals surface area contributed by atoms with Crippen molar-refractivity contribution in [2.45, 2.75) is 45.6 Å². The first-order valence-corrected chi connectivity index (χ1v) is 10.7. The Labute approximate surface area is 167 Å².